The Morgan fingerprint density at radius 2 is 2.35 bits per heavy atom. The summed E-state index contributed by atoms with van der Waals surface area (Å²) in [4.78, 5) is 18.8. The molecule has 0 saturated heterocycles. The number of rotatable bonds is 3. The molecule has 0 fully saturated rings. The number of nitrogens with zero attached hydrogens (tertiary/aromatic N) is 4. The maximum atomic E-state index is 5.79. The van der Waals surface area contributed by atoms with Gasteiger partial charge in [-0.25, -0.2) is 9.97 Å². The van der Waals surface area contributed by atoms with Gasteiger partial charge in [0.15, 0.2) is 17.9 Å². The summed E-state index contributed by atoms with van der Waals surface area (Å²) in [5.41, 5.74) is 1.22. The van der Waals surface area contributed by atoms with Crippen LogP contribution < -0.4 is 5.32 Å². The van der Waals surface area contributed by atoms with Gasteiger partial charge < -0.3 is 14.7 Å². The SMILES string of the molecule is Clc1nc(NCc2cnco2)c2[nH]cnc2n1. The number of anilines is 1. The standard InChI is InChI=1S/C9H7ClN6O/c10-9-15-7(6-8(16-9)14-3-13-6)12-2-5-1-11-4-17-5/h1,3-4H,2H2,(H2,12,13,14,15,16). The zero-order chi connectivity index (χ0) is 11.7. The zero-order valence-corrected chi connectivity index (χ0v) is 9.27. The molecule has 0 aliphatic heterocycles. The molecule has 0 aliphatic carbocycles. The molecule has 0 radical (unpaired) electrons. The highest BCUT2D eigenvalue weighted by molar-refractivity contribution is 6.28. The first-order chi connectivity index (χ1) is 8.33. The van der Waals surface area contributed by atoms with Crippen LogP contribution in [0.1, 0.15) is 5.76 Å². The van der Waals surface area contributed by atoms with Crippen LogP contribution in [0.2, 0.25) is 5.28 Å². The second-order valence-electron chi connectivity index (χ2n) is 3.26. The molecule has 3 aromatic rings. The van der Waals surface area contributed by atoms with Gasteiger partial charge in [-0.15, -0.1) is 0 Å². The van der Waals surface area contributed by atoms with Crippen LogP contribution in [0.4, 0.5) is 5.82 Å². The van der Waals surface area contributed by atoms with E-state index in [9.17, 15) is 0 Å². The van der Waals surface area contributed by atoms with Gasteiger partial charge in [-0.3, -0.25) is 0 Å². The van der Waals surface area contributed by atoms with Gasteiger partial charge in [0.2, 0.25) is 5.28 Å². The Labute approximate surface area is 100 Å². The van der Waals surface area contributed by atoms with E-state index in [-0.39, 0.29) is 5.28 Å². The molecule has 17 heavy (non-hydrogen) atoms. The first kappa shape index (κ1) is 10.0. The molecule has 0 saturated carbocycles. The summed E-state index contributed by atoms with van der Waals surface area (Å²) in [6.07, 6.45) is 4.53. The largest absolute Gasteiger partial charge is 0.447 e. The summed E-state index contributed by atoms with van der Waals surface area (Å²) in [5.74, 6) is 1.28. The molecular weight excluding hydrogens is 244 g/mol. The van der Waals surface area contributed by atoms with Crippen LogP contribution in [0.3, 0.4) is 0 Å². The van der Waals surface area contributed by atoms with Gasteiger partial charge in [0.25, 0.3) is 0 Å². The summed E-state index contributed by atoms with van der Waals surface area (Å²) < 4.78 is 5.10. The van der Waals surface area contributed by atoms with Crippen molar-refractivity contribution in [3.8, 4) is 0 Å². The minimum absolute atomic E-state index is 0.143. The summed E-state index contributed by atoms with van der Waals surface area (Å²) in [5, 5.41) is 3.22. The van der Waals surface area contributed by atoms with E-state index in [2.05, 4.69) is 30.2 Å². The number of fused-ring (bicyclic) bond motifs is 1. The highest BCUT2D eigenvalue weighted by Crippen LogP contribution is 2.19. The monoisotopic (exact) mass is 250 g/mol. The van der Waals surface area contributed by atoms with Gasteiger partial charge in [0, 0.05) is 0 Å². The minimum atomic E-state index is 0.143. The first-order valence-electron chi connectivity index (χ1n) is 4.81. The van der Waals surface area contributed by atoms with Crippen molar-refractivity contribution in [1.82, 2.24) is 24.9 Å². The number of nitrogens with one attached hydrogen (secondary N) is 2. The molecule has 0 unspecified atom stereocenters. The van der Waals surface area contributed by atoms with E-state index < -0.39 is 0 Å². The fraction of sp³-hybridized carbons (Fsp3) is 0.111. The third-order valence-electron chi connectivity index (χ3n) is 2.17. The molecule has 7 nitrogen and oxygen atoms in total. The van der Waals surface area contributed by atoms with Crippen LogP contribution in [0.15, 0.2) is 23.3 Å². The van der Waals surface area contributed by atoms with Crippen molar-refractivity contribution in [3.05, 3.63) is 30.0 Å². The predicted molar refractivity (Wildman–Crippen MR) is 60.5 cm³/mol. The van der Waals surface area contributed by atoms with Crippen molar-refractivity contribution >= 4 is 28.6 Å². The summed E-state index contributed by atoms with van der Waals surface area (Å²) in [6.45, 7) is 0.460. The van der Waals surface area contributed by atoms with Crippen LogP contribution in [0, 0.1) is 0 Å². The van der Waals surface area contributed by atoms with Crippen molar-refractivity contribution in [2.75, 3.05) is 5.32 Å². The second-order valence-corrected chi connectivity index (χ2v) is 3.60. The molecule has 3 aromatic heterocycles. The average molecular weight is 251 g/mol. The average Bonchev–Trinajstić information content (AvgIpc) is 2.95. The number of aromatic amines is 1. The first-order valence-corrected chi connectivity index (χ1v) is 5.18. The lowest BCUT2D eigenvalue weighted by Gasteiger charge is -2.03. The van der Waals surface area contributed by atoms with E-state index in [0.717, 1.165) is 0 Å². The van der Waals surface area contributed by atoms with Crippen molar-refractivity contribution in [2.24, 2.45) is 0 Å². The fourth-order valence-corrected chi connectivity index (χ4v) is 1.60. The molecule has 0 amide bonds. The number of imidazole rings is 1. The highest BCUT2D eigenvalue weighted by Gasteiger charge is 2.08. The third-order valence-corrected chi connectivity index (χ3v) is 2.34. The Balaban J connectivity index is 1.91. The van der Waals surface area contributed by atoms with Gasteiger partial charge in [-0.2, -0.15) is 9.97 Å². The van der Waals surface area contributed by atoms with Gasteiger partial charge >= 0.3 is 0 Å². The van der Waals surface area contributed by atoms with Crippen LogP contribution >= 0.6 is 11.6 Å². The Kier molecular flexibility index (Phi) is 2.37. The number of halogens is 1. The van der Waals surface area contributed by atoms with Gasteiger partial charge in [0.1, 0.15) is 11.3 Å². The number of hydrogen-bond acceptors (Lipinski definition) is 6. The molecule has 3 heterocycles. The lowest BCUT2D eigenvalue weighted by atomic mass is 10.4. The molecule has 3 rings (SSSR count). The van der Waals surface area contributed by atoms with E-state index in [0.29, 0.717) is 29.3 Å². The molecule has 0 spiro atoms. The molecule has 86 valence electrons. The van der Waals surface area contributed by atoms with Crippen LogP contribution in [0.5, 0.6) is 0 Å². The molecule has 0 aromatic carbocycles. The molecule has 2 N–H and O–H groups in total. The summed E-state index contributed by atoms with van der Waals surface area (Å²) in [6, 6.07) is 0. The lowest BCUT2D eigenvalue weighted by Crippen LogP contribution is -2.02. The number of oxazole rings is 1. The van der Waals surface area contributed by atoms with Crippen LogP contribution in [-0.4, -0.2) is 24.9 Å². The molecule has 8 heteroatoms. The van der Waals surface area contributed by atoms with Gasteiger partial charge in [-0.1, -0.05) is 0 Å². The van der Waals surface area contributed by atoms with Crippen LogP contribution in [0.25, 0.3) is 11.2 Å². The lowest BCUT2D eigenvalue weighted by molar-refractivity contribution is 0.511. The normalized spacial score (nSPS) is 10.9. The molecule has 0 bridgehead atoms. The van der Waals surface area contributed by atoms with Crippen molar-refractivity contribution in [3.63, 3.8) is 0 Å². The summed E-state index contributed by atoms with van der Waals surface area (Å²) in [7, 11) is 0. The van der Waals surface area contributed by atoms with Crippen molar-refractivity contribution < 1.29 is 4.42 Å². The highest BCUT2D eigenvalue weighted by atomic mass is 35.5. The molecular formula is C9H7ClN6O. The van der Waals surface area contributed by atoms with Crippen LogP contribution in [-0.2, 0) is 6.54 Å². The third kappa shape index (κ3) is 1.92. The Bertz CT molecular complexity index is 634. The molecule has 0 aliphatic rings. The Morgan fingerprint density at radius 1 is 1.41 bits per heavy atom. The fourth-order valence-electron chi connectivity index (χ4n) is 1.43. The van der Waals surface area contributed by atoms with E-state index in [1.54, 1.807) is 6.20 Å². The predicted octanol–water partition coefficient (Wildman–Crippen LogP) is 1.61. The van der Waals surface area contributed by atoms with Crippen molar-refractivity contribution in [2.45, 2.75) is 6.54 Å². The number of aromatic nitrogens is 5. The maximum Gasteiger partial charge on any atom is 0.226 e. The Hall–Kier alpha value is -2.15. The zero-order valence-electron chi connectivity index (χ0n) is 8.51. The quantitative estimate of drug-likeness (QED) is 0.686. The molecule has 0 atom stereocenters. The van der Waals surface area contributed by atoms with E-state index in [4.69, 9.17) is 16.0 Å². The number of H-pyrrole nitrogens is 1. The summed E-state index contributed by atoms with van der Waals surface area (Å²) >= 11 is 5.79. The van der Waals surface area contributed by atoms with Gasteiger partial charge in [0.05, 0.1) is 19.1 Å². The Morgan fingerprint density at radius 3 is 3.18 bits per heavy atom. The van der Waals surface area contributed by atoms with Gasteiger partial charge in [-0.05, 0) is 11.6 Å². The topological polar surface area (TPSA) is 92.5 Å². The van der Waals surface area contributed by atoms with Crippen molar-refractivity contribution in [1.29, 1.82) is 0 Å². The smallest absolute Gasteiger partial charge is 0.226 e. The van der Waals surface area contributed by atoms with E-state index in [1.165, 1.54) is 12.7 Å². The number of hydrogen-bond donors (Lipinski definition) is 2. The van der Waals surface area contributed by atoms with E-state index in [1.807, 2.05) is 0 Å². The second kappa shape index (κ2) is 4.02. The minimum Gasteiger partial charge on any atom is -0.447 e. The van der Waals surface area contributed by atoms with E-state index >= 15 is 0 Å². The maximum absolute atomic E-state index is 5.79.